The lowest BCUT2D eigenvalue weighted by Gasteiger charge is -2.30. The van der Waals surface area contributed by atoms with Gasteiger partial charge >= 0.3 is 0 Å². The molecular weight excluding hydrogens is 272 g/mol. The number of ether oxygens (including phenoxy) is 2. The van der Waals surface area contributed by atoms with Crippen molar-refractivity contribution < 1.29 is 9.47 Å². The summed E-state index contributed by atoms with van der Waals surface area (Å²) in [4.78, 5) is 8.23. The second-order valence-electron chi connectivity index (χ2n) is 5.47. The maximum absolute atomic E-state index is 5.98. The smallest absolute Gasteiger partial charge is 0.0995 e. The quantitative estimate of drug-likeness (QED) is 0.781. The Morgan fingerprint density at radius 3 is 3.25 bits per heavy atom. The molecule has 2 aliphatic rings. The van der Waals surface area contributed by atoms with Crippen molar-refractivity contribution in [2.45, 2.75) is 44.6 Å². The standard InChI is InChI=1S/C15H22N2O2S/c1-3-7-19-15-12-4-5-13(15)18-8-6-17(12)9-14-11(2)16-10-20-14/h3,10,12-13,15H,1,4-9H2,2H3. The Kier molecular flexibility index (Phi) is 4.51. The third-order valence-corrected chi connectivity index (χ3v) is 5.19. The van der Waals surface area contributed by atoms with E-state index in [2.05, 4.69) is 23.4 Å². The molecule has 20 heavy (non-hydrogen) atoms. The maximum Gasteiger partial charge on any atom is 0.0995 e. The first kappa shape index (κ1) is 14.2. The van der Waals surface area contributed by atoms with Crippen molar-refractivity contribution in [3.05, 3.63) is 28.7 Å². The third-order valence-electron chi connectivity index (χ3n) is 4.27. The minimum absolute atomic E-state index is 0.184. The fourth-order valence-electron chi connectivity index (χ4n) is 3.22. The van der Waals surface area contributed by atoms with E-state index >= 15 is 0 Å². The summed E-state index contributed by atoms with van der Waals surface area (Å²) in [6.07, 6.45) is 4.52. The molecule has 0 radical (unpaired) electrons. The highest BCUT2D eigenvalue weighted by atomic mass is 32.1. The van der Waals surface area contributed by atoms with Crippen LogP contribution >= 0.6 is 11.3 Å². The van der Waals surface area contributed by atoms with Crippen molar-refractivity contribution >= 4 is 11.3 Å². The van der Waals surface area contributed by atoms with Crippen LogP contribution in [0, 0.1) is 6.92 Å². The molecule has 3 rings (SSSR count). The number of rotatable bonds is 5. The first-order valence-electron chi connectivity index (χ1n) is 7.26. The first-order valence-corrected chi connectivity index (χ1v) is 8.14. The molecule has 0 N–H and O–H groups in total. The second kappa shape index (κ2) is 6.35. The summed E-state index contributed by atoms with van der Waals surface area (Å²) < 4.78 is 12.0. The topological polar surface area (TPSA) is 34.6 Å². The number of hydrogen-bond acceptors (Lipinski definition) is 5. The van der Waals surface area contributed by atoms with Crippen LogP contribution in [0.1, 0.15) is 23.4 Å². The summed E-state index contributed by atoms with van der Waals surface area (Å²) in [5.41, 5.74) is 3.08. The molecule has 1 aliphatic carbocycles. The molecule has 110 valence electrons. The Morgan fingerprint density at radius 2 is 2.50 bits per heavy atom. The van der Waals surface area contributed by atoms with Crippen LogP contribution in [0.25, 0.3) is 0 Å². The van der Waals surface area contributed by atoms with E-state index in [-0.39, 0.29) is 12.2 Å². The Morgan fingerprint density at radius 1 is 1.60 bits per heavy atom. The number of thiazole rings is 1. The van der Waals surface area contributed by atoms with Gasteiger partial charge in [-0.25, -0.2) is 4.98 Å². The van der Waals surface area contributed by atoms with Crippen molar-refractivity contribution in [3.8, 4) is 0 Å². The molecule has 1 aliphatic heterocycles. The lowest BCUT2D eigenvalue weighted by atomic mass is 10.1. The first-order chi connectivity index (χ1) is 9.79. The predicted octanol–water partition coefficient (Wildman–Crippen LogP) is 2.39. The highest BCUT2D eigenvalue weighted by Crippen LogP contribution is 2.33. The van der Waals surface area contributed by atoms with Gasteiger partial charge in [-0.2, -0.15) is 0 Å². The summed E-state index contributed by atoms with van der Waals surface area (Å²) >= 11 is 1.74. The van der Waals surface area contributed by atoms with Gasteiger partial charge in [0.15, 0.2) is 0 Å². The molecule has 3 unspecified atom stereocenters. The Hall–Kier alpha value is -0.750. The Labute approximate surface area is 124 Å². The van der Waals surface area contributed by atoms with Crippen LogP contribution in [0.15, 0.2) is 18.2 Å². The SMILES string of the molecule is C=CCOC1C2CCC1N(Cc1scnc1C)CCO2. The summed E-state index contributed by atoms with van der Waals surface area (Å²) in [5.74, 6) is 0. The van der Waals surface area contributed by atoms with Crippen molar-refractivity contribution in [1.82, 2.24) is 9.88 Å². The van der Waals surface area contributed by atoms with E-state index in [9.17, 15) is 0 Å². The van der Waals surface area contributed by atoms with Gasteiger partial charge in [0, 0.05) is 24.0 Å². The van der Waals surface area contributed by atoms with Gasteiger partial charge in [-0.15, -0.1) is 17.9 Å². The Balaban J connectivity index is 1.73. The van der Waals surface area contributed by atoms with Crippen LogP contribution in [0.5, 0.6) is 0 Å². The molecule has 2 heterocycles. The van der Waals surface area contributed by atoms with E-state index in [1.165, 1.54) is 4.88 Å². The lowest BCUT2D eigenvalue weighted by Crippen LogP contribution is -2.42. The monoisotopic (exact) mass is 294 g/mol. The lowest BCUT2D eigenvalue weighted by molar-refractivity contribution is -0.0447. The third kappa shape index (κ3) is 2.81. The van der Waals surface area contributed by atoms with Crippen LogP contribution in [-0.4, -0.2) is 47.9 Å². The van der Waals surface area contributed by atoms with Crippen LogP contribution < -0.4 is 0 Å². The van der Waals surface area contributed by atoms with Crippen molar-refractivity contribution in [3.63, 3.8) is 0 Å². The van der Waals surface area contributed by atoms with Gasteiger partial charge in [0.2, 0.25) is 0 Å². The minimum Gasteiger partial charge on any atom is -0.374 e. The molecule has 2 fully saturated rings. The Bertz CT molecular complexity index is 462. The zero-order valence-corrected chi connectivity index (χ0v) is 12.8. The number of aryl methyl sites for hydroxylation is 1. The van der Waals surface area contributed by atoms with Gasteiger partial charge in [-0.3, -0.25) is 4.90 Å². The second-order valence-corrected chi connectivity index (χ2v) is 6.41. The van der Waals surface area contributed by atoms with E-state index in [1.807, 2.05) is 11.6 Å². The molecule has 1 saturated carbocycles. The van der Waals surface area contributed by atoms with E-state index in [0.29, 0.717) is 12.6 Å². The summed E-state index contributed by atoms with van der Waals surface area (Å²) in [5, 5.41) is 0. The van der Waals surface area contributed by atoms with Gasteiger partial charge in [0.05, 0.1) is 36.6 Å². The number of fused-ring (bicyclic) bond motifs is 2. The molecule has 4 nitrogen and oxygen atoms in total. The minimum atomic E-state index is 0.184. The van der Waals surface area contributed by atoms with Crippen LogP contribution in [0.4, 0.5) is 0 Å². The van der Waals surface area contributed by atoms with Gasteiger partial charge in [0.25, 0.3) is 0 Å². The average molecular weight is 294 g/mol. The molecule has 0 aromatic carbocycles. The number of nitrogens with zero attached hydrogens (tertiary/aromatic N) is 2. The summed E-state index contributed by atoms with van der Waals surface area (Å²) in [7, 11) is 0. The van der Waals surface area contributed by atoms with Crippen molar-refractivity contribution in [2.75, 3.05) is 19.8 Å². The van der Waals surface area contributed by atoms with Gasteiger partial charge in [-0.05, 0) is 19.8 Å². The van der Waals surface area contributed by atoms with E-state index in [0.717, 1.165) is 38.2 Å². The molecule has 0 spiro atoms. The zero-order valence-electron chi connectivity index (χ0n) is 12.0. The molecule has 1 aromatic heterocycles. The normalized spacial score (nSPS) is 30.4. The van der Waals surface area contributed by atoms with Gasteiger partial charge in [0.1, 0.15) is 0 Å². The molecule has 1 saturated heterocycles. The van der Waals surface area contributed by atoms with Crippen LogP contribution in [-0.2, 0) is 16.0 Å². The highest BCUT2D eigenvalue weighted by molar-refractivity contribution is 7.09. The molecule has 0 amide bonds. The molecule has 2 bridgehead atoms. The summed E-state index contributed by atoms with van der Waals surface area (Å²) in [6.45, 7) is 9.18. The largest absolute Gasteiger partial charge is 0.374 e. The van der Waals surface area contributed by atoms with Gasteiger partial charge < -0.3 is 9.47 Å². The zero-order chi connectivity index (χ0) is 13.9. The van der Waals surface area contributed by atoms with E-state index in [4.69, 9.17) is 9.47 Å². The maximum atomic E-state index is 5.98. The molecule has 5 heteroatoms. The molecule has 3 atom stereocenters. The van der Waals surface area contributed by atoms with Crippen LogP contribution in [0.3, 0.4) is 0 Å². The molecular formula is C15H22N2O2S. The van der Waals surface area contributed by atoms with Crippen molar-refractivity contribution in [1.29, 1.82) is 0 Å². The number of hydrogen-bond donors (Lipinski definition) is 0. The van der Waals surface area contributed by atoms with E-state index < -0.39 is 0 Å². The number of aromatic nitrogens is 1. The summed E-state index contributed by atoms with van der Waals surface area (Å²) in [6, 6.07) is 0.462. The average Bonchev–Trinajstić information content (AvgIpc) is 2.96. The van der Waals surface area contributed by atoms with Crippen molar-refractivity contribution in [2.24, 2.45) is 0 Å². The fraction of sp³-hybridized carbons (Fsp3) is 0.667. The van der Waals surface area contributed by atoms with Crippen LogP contribution in [0.2, 0.25) is 0 Å². The predicted molar refractivity (Wildman–Crippen MR) is 80.0 cm³/mol. The molecule has 1 aromatic rings. The van der Waals surface area contributed by atoms with Gasteiger partial charge in [-0.1, -0.05) is 6.08 Å². The van der Waals surface area contributed by atoms with E-state index in [1.54, 1.807) is 11.3 Å². The fourth-order valence-corrected chi connectivity index (χ4v) is 4.03. The highest BCUT2D eigenvalue weighted by Gasteiger charge is 2.42.